The first-order chi connectivity index (χ1) is 9.15. The molecule has 6 heteroatoms. The van der Waals surface area contributed by atoms with E-state index < -0.39 is 17.8 Å². The summed E-state index contributed by atoms with van der Waals surface area (Å²) in [6, 6.07) is 9.21. The minimum Gasteiger partial charge on any atom is -0.324 e. The molecule has 1 aromatic heterocycles. The molecule has 2 heterocycles. The Hall–Kier alpha value is -2.21. The van der Waals surface area contributed by atoms with E-state index in [2.05, 4.69) is 0 Å². The molecule has 3 rings (SSSR count). The Morgan fingerprint density at radius 2 is 1.84 bits per heavy atom. The van der Waals surface area contributed by atoms with Gasteiger partial charge in [0.15, 0.2) is 0 Å². The highest BCUT2D eigenvalue weighted by Crippen LogP contribution is 2.26. The second-order valence-corrected chi connectivity index (χ2v) is 5.19. The highest BCUT2D eigenvalue weighted by atomic mass is 32.1. The van der Waals surface area contributed by atoms with Crippen molar-refractivity contribution in [2.24, 2.45) is 0 Å². The van der Waals surface area contributed by atoms with E-state index in [0.717, 1.165) is 10.1 Å². The average Bonchev–Trinajstić information content (AvgIpc) is 2.97. The summed E-state index contributed by atoms with van der Waals surface area (Å²) in [6.45, 7) is 0. The maximum atomic E-state index is 11.9. The molecule has 1 fully saturated rings. The Bertz CT molecular complexity index is 642. The van der Waals surface area contributed by atoms with E-state index in [1.54, 1.807) is 6.07 Å². The van der Waals surface area contributed by atoms with E-state index in [4.69, 9.17) is 4.84 Å². The number of nitrogens with zero attached hydrogens (tertiary/aromatic N) is 1. The largest absolute Gasteiger partial charge is 0.373 e. The highest BCUT2D eigenvalue weighted by Gasteiger charge is 2.33. The quantitative estimate of drug-likeness (QED) is 0.787. The van der Waals surface area contributed by atoms with Gasteiger partial charge in [0, 0.05) is 17.5 Å². The lowest BCUT2D eigenvalue weighted by atomic mass is 10.2. The molecule has 0 aliphatic carbocycles. The molecule has 96 valence electrons. The van der Waals surface area contributed by atoms with Crippen LogP contribution in [0.3, 0.4) is 0 Å². The third-order valence-corrected chi connectivity index (χ3v) is 3.90. The van der Waals surface area contributed by atoms with Crippen molar-refractivity contribution < 1.29 is 19.2 Å². The molecular weight excluding hydrogens is 266 g/mol. The van der Waals surface area contributed by atoms with E-state index in [1.165, 1.54) is 11.3 Å². The number of thiophene rings is 1. The summed E-state index contributed by atoms with van der Waals surface area (Å²) in [4.78, 5) is 39.8. The first kappa shape index (κ1) is 11.9. The van der Waals surface area contributed by atoms with Gasteiger partial charge in [-0.05, 0) is 17.5 Å². The molecule has 5 nitrogen and oxygen atoms in total. The molecule has 2 amide bonds. The molecule has 0 saturated carbocycles. The van der Waals surface area contributed by atoms with Crippen LogP contribution in [-0.2, 0) is 14.4 Å². The lowest BCUT2D eigenvalue weighted by molar-refractivity contribution is -0.172. The summed E-state index contributed by atoms with van der Waals surface area (Å²) >= 11 is 1.27. The third kappa shape index (κ3) is 2.10. The van der Waals surface area contributed by atoms with Gasteiger partial charge >= 0.3 is 5.97 Å². The Balaban J connectivity index is 1.84. The lowest BCUT2D eigenvalue weighted by Crippen LogP contribution is -2.31. The van der Waals surface area contributed by atoms with Crippen molar-refractivity contribution in [3.63, 3.8) is 0 Å². The molecule has 1 aliphatic heterocycles. The Morgan fingerprint density at radius 1 is 1.16 bits per heavy atom. The second kappa shape index (κ2) is 4.47. The molecule has 0 N–H and O–H groups in total. The summed E-state index contributed by atoms with van der Waals surface area (Å²) < 4.78 is 0.952. The van der Waals surface area contributed by atoms with Crippen LogP contribution in [0.5, 0.6) is 0 Å². The fourth-order valence-corrected chi connectivity index (χ4v) is 2.80. The zero-order valence-corrected chi connectivity index (χ0v) is 10.6. The predicted molar refractivity (Wildman–Crippen MR) is 68.3 cm³/mol. The van der Waals surface area contributed by atoms with Gasteiger partial charge < -0.3 is 4.84 Å². The van der Waals surface area contributed by atoms with E-state index in [0.29, 0.717) is 9.94 Å². The van der Waals surface area contributed by atoms with Gasteiger partial charge in [-0.1, -0.05) is 18.2 Å². The van der Waals surface area contributed by atoms with E-state index in [1.807, 2.05) is 24.3 Å². The van der Waals surface area contributed by atoms with Crippen LogP contribution in [0, 0.1) is 0 Å². The number of carbonyl (C=O) groups is 3. The van der Waals surface area contributed by atoms with Crippen molar-refractivity contribution in [1.82, 2.24) is 5.06 Å². The topological polar surface area (TPSA) is 63.7 Å². The number of rotatable bonds is 2. The Kier molecular flexibility index (Phi) is 2.79. The molecule has 0 spiro atoms. The summed E-state index contributed by atoms with van der Waals surface area (Å²) in [5.74, 6) is -1.62. The van der Waals surface area contributed by atoms with Crippen LogP contribution >= 0.6 is 11.3 Å². The summed E-state index contributed by atoms with van der Waals surface area (Å²) in [5, 5.41) is 1.49. The summed E-state index contributed by atoms with van der Waals surface area (Å²) in [6.07, 6.45) is 0.192. The minimum atomic E-state index is -0.676. The molecule has 0 unspecified atom stereocenters. The van der Waals surface area contributed by atoms with Crippen molar-refractivity contribution in [3.8, 4) is 0 Å². The smallest absolute Gasteiger partial charge is 0.324 e. The van der Waals surface area contributed by atoms with Gasteiger partial charge in [0.2, 0.25) is 0 Å². The van der Waals surface area contributed by atoms with Gasteiger partial charge in [-0.2, -0.15) is 0 Å². The number of hydroxylamine groups is 2. The van der Waals surface area contributed by atoms with Crippen LogP contribution in [0.25, 0.3) is 10.1 Å². The summed E-state index contributed by atoms with van der Waals surface area (Å²) in [7, 11) is 0. The van der Waals surface area contributed by atoms with Crippen LogP contribution in [0.1, 0.15) is 22.5 Å². The van der Waals surface area contributed by atoms with E-state index >= 15 is 0 Å². The van der Waals surface area contributed by atoms with E-state index in [9.17, 15) is 14.4 Å². The predicted octanol–water partition coefficient (Wildman–Crippen LogP) is 2.12. The van der Waals surface area contributed by atoms with Crippen molar-refractivity contribution in [2.75, 3.05) is 0 Å². The molecule has 1 aromatic carbocycles. The Morgan fingerprint density at radius 3 is 2.53 bits per heavy atom. The van der Waals surface area contributed by atoms with Crippen LogP contribution in [0.2, 0.25) is 0 Å². The number of fused-ring (bicyclic) bond motifs is 1. The SMILES string of the molecule is O=C(ON1C(=O)CCC1=O)c1cc2ccccc2s1. The van der Waals surface area contributed by atoms with Gasteiger partial charge in [0.05, 0.1) is 0 Å². The maximum absolute atomic E-state index is 11.9. The van der Waals surface area contributed by atoms with Gasteiger partial charge in [-0.25, -0.2) is 4.79 Å². The fraction of sp³-hybridized carbons (Fsp3) is 0.154. The molecule has 0 radical (unpaired) electrons. The molecule has 2 aromatic rings. The monoisotopic (exact) mass is 275 g/mol. The Labute approximate surface area is 112 Å². The first-order valence-corrected chi connectivity index (χ1v) is 6.53. The zero-order chi connectivity index (χ0) is 13.4. The van der Waals surface area contributed by atoms with Crippen molar-refractivity contribution in [2.45, 2.75) is 12.8 Å². The van der Waals surface area contributed by atoms with Gasteiger partial charge in [-0.15, -0.1) is 16.4 Å². The number of amides is 2. The molecule has 0 bridgehead atoms. The fourth-order valence-electron chi connectivity index (χ4n) is 1.87. The molecule has 0 atom stereocenters. The van der Waals surface area contributed by atoms with Gasteiger partial charge in [-0.3, -0.25) is 9.59 Å². The summed E-state index contributed by atoms with van der Waals surface area (Å²) in [5.41, 5.74) is 0. The lowest BCUT2D eigenvalue weighted by Gasteiger charge is -2.11. The minimum absolute atomic E-state index is 0.0958. The van der Waals surface area contributed by atoms with Crippen molar-refractivity contribution in [1.29, 1.82) is 0 Å². The van der Waals surface area contributed by atoms with Crippen LogP contribution in [0.15, 0.2) is 30.3 Å². The maximum Gasteiger partial charge on any atom is 0.373 e. The third-order valence-electron chi connectivity index (χ3n) is 2.81. The van der Waals surface area contributed by atoms with Gasteiger partial charge in [0.1, 0.15) is 4.88 Å². The van der Waals surface area contributed by atoms with Crippen molar-refractivity contribution in [3.05, 3.63) is 35.2 Å². The number of benzene rings is 1. The van der Waals surface area contributed by atoms with Gasteiger partial charge in [0.25, 0.3) is 11.8 Å². The highest BCUT2D eigenvalue weighted by molar-refractivity contribution is 7.20. The molecule has 1 aliphatic rings. The number of hydrogen-bond acceptors (Lipinski definition) is 5. The molecule has 19 heavy (non-hydrogen) atoms. The number of imide groups is 1. The average molecular weight is 275 g/mol. The molecular formula is C13H9NO4S. The molecule has 1 saturated heterocycles. The standard InChI is InChI=1S/C13H9NO4S/c15-11-5-6-12(16)14(11)18-13(17)10-7-8-3-1-2-4-9(8)19-10/h1-4,7H,5-6H2. The van der Waals surface area contributed by atoms with Crippen molar-refractivity contribution >= 4 is 39.2 Å². The van der Waals surface area contributed by atoms with E-state index in [-0.39, 0.29) is 12.8 Å². The van der Waals surface area contributed by atoms with Crippen LogP contribution in [-0.4, -0.2) is 22.8 Å². The normalized spacial score (nSPS) is 15.3. The number of carbonyl (C=O) groups excluding carboxylic acids is 3. The second-order valence-electron chi connectivity index (χ2n) is 4.11. The number of hydrogen-bond donors (Lipinski definition) is 0. The first-order valence-electron chi connectivity index (χ1n) is 5.72. The van der Waals surface area contributed by atoms with Crippen LogP contribution < -0.4 is 0 Å². The zero-order valence-electron chi connectivity index (χ0n) is 9.79. The van der Waals surface area contributed by atoms with Crippen LogP contribution in [0.4, 0.5) is 0 Å².